The first-order valence-electron chi connectivity index (χ1n) is 16.3. The highest BCUT2D eigenvalue weighted by molar-refractivity contribution is 6.01. The molecule has 1 rings (SSSR count). The number of hydroxylamine groups is 2. The molecule has 2 amide bonds. The van der Waals surface area contributed by atoms with E-state index < -0.39 is 17.8 Å². The minimum absolute atomic E-state index is 0.0636. The van der Waals surface area contributed by atoms with Crippen LogP contribution in [0, 0.1) is 0 Å². The van der Waals surface area contributed by atoms with Crippen molar-refractivity contribution in [3.05, 3.63) is 20.9 Å². The quantitative estimate of drug-likeness (QED) is 0.0340. The number of carbonyl (C=O) groups is 4. The Hall–Kier alpha value is -3.46. The highest BCUT2D eigenvalue weighted by Gasteiger charge is 2.32. The van der Waals surface area contributed by atoms with Crippen molar-refractivity contribution < 1.29 is 61.9 Å². The van der Waals surface area contributed by atoms with Crippen LogP contribution < -0.4 is 5.73 Å². The second-order valence-corrected chi connectivity index (χ2v) is 9.25. The number of rotatable bonds is 32. The predicted molar refractivity (Wildman–Crippen MR) is 176 cm³/mol. The first kappa shape index (κ1) is 48.7. The topological polar surface area (TPSA) is 278 Å². The van der Waals surface area contributed by atoms with Gasteiger partial charge < -0.3 is 48.5 Å². The zero-order valence-electron chi connectivity index (χ0n) is 29.3. The van der Waals surface area contributed by atoms with E-state index in [9.17, 15) is 19.2 Å². The van der Waals surface area contributed by atoms with Crippen LogP contribution in [0.4, 0.5) is 0 Å². The summed E-state index contributed by atoms with van der Waals surface area (Å²) in [6, 6.07) is 0. The van der Waals surface area contributed by atoms with Gasteiger partial charge >= 0.3 is 5.97 Å². The number of Topliss-reactive ketones (excluding diaryl/α,β-unsaturated/α-hetero) is 1. The lowest BCUT2D eigenvalue weighted by Gasteiger charge is -2.12. The number of carbonyl (C=O) groups excluding carboxylic acids is 4. The van der Waals surface area contributed by atoms with E-state index in [-0.39, 0.29) is 38.3 Å². The van der Waals surface area contributed by atoms with E-state index >= 15 is 0 Å². The SMILES string of the molecule is CCC(=O)CCOCCOCCOCCOCCN=[N+]=[N-].CN.[N-]=[N+]=NCCOCCOCCOCCOCCC(=O)ON1C(=O)CCC1=O. The third-order valence-corrected chi connectivity index (χ3v) is 5.60. The second kappa shape index (κ2) is 40.0. The molecule has 21 heteroatoms. The van der Waals surface area contributed by atoms with Crippen molar-refractivity contribution in [2.45, 2.75) is 39.0 Å². The van der Waals surface area contributed by atoms with Crippen LogP contribution in [0.3, 0.4) is 0 Å². The number of nitrogens with two attached hydrogens (primary N) is 1. The molecule has 1 aliphatic heterocycles. The van der Waals surface area contributed by atoms with Crippen molar-refractivity contribution in [1.29, 1.82) is 0 Å². The Labute approximate surface area is 292 Å². The maximum absolute atomic E-state index is 11.5. The molecule has 288 valence electrons. The highest BCUT2D eigenvalue weighted by Crippen LogP contribution is 2.12. The summed E-state index contributed by atoms with van der Waals surface area (Å²) in [5.74, 6) is -1.50. The minimum Gasteiger partial charge on any atom is -0.379 e. The Bertz CT molecular complexity index is 952. The first-order chi connectivity index (χ1) is 24.5. The zero-order chi connectivity index (χ0) is 37.3. The van der Waals surface area contributed by atoms with Crippen LogP contribution in [-0.4, -0.2) is 154 Å². The van der Waals surface area contributed by atoms with Gasteiger partial charge in [0.05, 0.1) is 112 Å². The van der Waals surface area contributed by atoms with Crippen LogP contribution in [0.2, 0.25) is 0 Å². The van der Waals surface area contributed by atoms with E-state index in [2.05, 4.69) is 25.8 Å². The molecule has 50 heavy (non-hydrogen) atoms. The summed E-state index contributed by atoms with van der Waals surface area (Å²) in [5.41, 5.74) is 20.6. The van der Waals surface area contributed by atoms with Gasteiger partial charge in [-0.05, 0) is 18.1 Å². The van der Waals surface area contributed by atoms with Crippen molar-refractivity contribution in [1.82, 2.24) is 5.06 Å². The molecule has 0 aliphatic carbocycles. The molecule has 1 aliphatic rings. The smallest absolute Gasteiger partial charge is 0.335 e. The number of amides is 2. The zero-order valence-corrected chi connectivity index (χ0v) is 29.3. The molecule has 21 nitrogen and oxygen atoms in total. The predicted octanol–water partition coefficient (Wildman–Crippen LogP) is 1.67. The Kier molecular flexibility index (Phi) is 38.9. The van der Waals surface area contributed by atoms with E-state index in [0.717, 1.165) is 0 Å². The third kappa shape index (κ3) is 34.4. The Morgan fingerprint density at radius 1 is 0.600 bits per heavy atom. The molecule has 0 bridgehead atoms. The maximum Gasteiger partial charge on any atom is 0.335 e. The van der Waals surface area contributed by atoms with Crippen LogP contribution in [0.1, 0.15) is 39.0 Å². The summed E-state index contributed by atoms with van der Waals surface area (Å²) >= 11 is 0. The largest absolute Gasteiger partial charge is 0.379 e. The summed E-state index contributed by atoms with van der Waals surface area (Å²) in [5, 5.41) is 7.18. The van der Waals surface area contributed by atoms with Gasteiger partial charge in [-0.15, -0.1) is 5.06 Å². The summed E-state index contributed by atoms with van der Waals surface area (Å²) in [4.78, 5) is 55.0. The number of ether oxygens (including phenoxy) is 8. The molecule has 0 spiro atoms. The lowest BCUT2D eigenvalue weighted by atomic mass is 10.2. The number of hydrogen-bond acceptors (Lipinski definition) is 16. The van der Waals surface area contributed by atoms with Gasteiger partial charge in [-0.25, -0.2) is 4.79 Å². The van der Waals surface area contributed by atoms with E-state index in [1.807, 2.05) is 6.92 Å². The summed E-state index contributed by atoms with van der Waals surface area (Å²) in [7, 11) is 1.50. The molecule has 0 aromatic rings. The summed E-state index contributed by atoms with van der Waals surface area (Å²) in [6.07, 6.45) is 1.09. The molecule has 0 saturated carbocycles. The van der Waals surface area contributed by atoms with Crippen LogP contribution >= 0.6 is 0 Å². The molecular formula is C29H54N8O13. The second-order valence-electron chi connectivity index (χ2n) is 9.25. The van der Waals surface area contributed by atoms with Crippen molar-refractivity contribution >= 4 is 23.6 Å². The summed E-state index contributed by atoms with van der Waals surface area (Å²) in [6.45, 7) is 8.97. The monoisotopic (exact) mass is 722 g/mol. The lowest BCUT2D eigenvalue weighted by molar-refractivity contribution is -0.198. The standard InChI is InChI=1S/C15H24N4O8.C13H25N3O5.CH5N/c16-18-17-4-6-24-8-10-26-12-11-25-9-7-23-5-3-15(22)27-19-13(20)1-2-14(19)21;1-2-13(17)3-5-18-7-9-20-11-12-21-10-8-19-6-4-15-16-14;1-2/h1-12H2;2-12H2,1H3;2H2,1H3. The maximum atomic E-state index is 11.5. The van der Waals surface area contributed by atoms with Crippen molar-refractivity contribution in [3.8, 4) is 0 Å². The van der Waals surface area contributed by atoms with Crippen LogP contribution in [0.25, 0.3) is 20.9 Å². The molecule has 1 heterocycles. The van der Waals surface area contributed by atoms with Crippen molar-refractivity contribution in [3.63, 3.8) is 0 Å². The minimum atomic E-state index is -0.699. The highest BCUT2D eigenvalue weighted by atomic mass is 16.7. The fourth-order valence-electron chi connectivity index (χ4n) is 3.15. The van der Waals surface area contributed by atoms with Crippen molar-refractivity contribution in [2.75, 3.05) is 126 Å². The number of imide groups is 1. The number of azide groups is 2. The lowest BCUT2D eigenvalue weighted by Crippen LogP contribution is -2.32. The Balaban J connectivity index is 0. The van der Waals surface area contributed by atoms with Crippen LogP contribution in [0.5, 0.6) is 0 Å². The normalized spacial score (nSPS) is 11.9. The molecule has 1 saturated heterocycles. The number of nitrogens with zero attached hydrogens (tertiary/aromatic N) is 7. The van der Waals surface area contributed by atoms with Crippen LogP contribution in [0.15, 0.2) is 10.2 Å². The van der Waals surface area contributed by atoms with E-state index in [4.69, 9.17) is 53.8 Å². The molecule has 2 N–H and O–H groups in total. The third-order valence-electron chi connectivity index (χ3n) is 5.60. The van der Waals surface area contributed by atoms with Gasteiger partial charge in [0.2, 0.25) is 0 Å². The fourth-order valence-corrected chi connectivity index (χ4v) is 3.15. The van der Waals surface area contributed by atoms with Gasteiger partial charge in [0.1, 0.15) is 5.78 Å². The Morgan fingerprint density at radius 2 is 0.920 bits per heavy atom. The van der Waals surface area contributed by atoms with E-state index in [1.165, 1.54) is 7.05 Å². The molecule has 0 radical (unpaired) electrons. The van der Waals surface area contributed by atoms with E-state index in [0.29, 0.717) is 123 Å². The average Bonchev–Trinajstić information content (AvgIpc) is 3.44. The van der Waals surface area contributed by atoms with Gasteiger partial charge in [0, 0.05) is 48.6 Å². The molecular weight excluding hydrogens is 668 g/mol. The fraction of sp³-hybridized carbons (Fsp3) is 0.862. The molecule has 0 atom stereocenters. The molecule has 0 aromatic heterocycles. The van der Waals surface area contributed by atoms with Gasteiger partial charge in [0.25, 0.3) is 11.8 Å². The molecule has 0 unspecified atom stereocenters. The van der Waals surface area contributed by atoms with Gasteiger partial charge in [-0.2, -0.15) is 0 Å². The van der Waals surface area contributed by atoms with Gasteiger partial charge in [-0.1, -0.05) is 17.2 Å². The Morgan fingerprint density at radius 3 is 1.26 bits per heavy atom. The van der Waals surface area contributed by atoms with E-state index in [1.54, 1.807) is 0 Å². The molecule has 1 fully saturated rings. The van der Waals surface area contributed by atoms with Crippen molar-refractivity contribution in [2.24, 2.45) is 16.0 Å². The summed E-state index contributed by atoms with van der Waals surface area (Å²) < 4.78 is 41.9. The average molecular weight is 723 g/mol. The molecule has 0 aromatic carbocycles. The number of ketones is 1. The number of hydrogen-bond donors (Lipinski definition) is 1. The van der Waals surface area contributed by atoms with Gasteiger partial charge in [0.15, 0.2) is 0 Å². The first-order valence-corrected chi connectivity index (χ1v) is 16.3. The van der Waals surface area contributed by atoms with Crippen LogP contribution in [-0.2, 0) is 61.9 Å². The van der Waals surface area contributed by atoms with Gasteiger partial charge in [-0.3, -0.25) is 14.4 Å².